The first-order valence-electron chi connectivity index (χ1n) is 6.53. The molecular formula is C14H20N2OS2. The van der Waals surface area contributed by atoms with Crippen LogP contribution in [-0.2, 0) is 4.79 Å². The molecule has 0 aromatic rings. The van der Waals surface area contributed by atoms with E-state index in [2.05, 4.69) is 48.6 Å². The van der Waals surface area contributed by atoms with E-state index in [1.807, 2.05) is 6.92 Å². The summed E-state index contributed by atoms with van der Waals surface area (Å²) in [4.78, 5) is 18.0. The molecule has 1 fully saturated rings. The smallest absolute Gasteiger partial charge is 0.242 e. The number of hydrogen-bond acceptors (Lipinski definition) is 4. The molecule has 0 aromatic heterocycles. The maximum Gasteiger partial charge on any atom is 0.242 e. The van der Waals surface area contributed by atoms with Gasteiger partial charge in [-0.1, -0.05) is 37.8 Å². The lowest BCUT2D eigenvalue weighted by Crippen LogP contribution is -2.38. The van der Waals surface area contributed by atoms with Gasteiger partial charge in [0.15, 0.2) is 5.17 Å². The zero-order valence-electron chi connectivity index (χ0n) is 11.8. The Morgan fingerprint density at radius 1 is 1.42 bits per heavy atom. The van der Waals surface area contributed by atoms with Crippen LogP contribution in [-0.4, -0.2) is 21.9 Å². The van der Waals surface area contributed by atoms with Crippen LogP contribution in [0.4, 0.5) is 0 Å². The summed E-state index contributed by atoms with van der Waals surface area (Å²) in [5.74, 6) is 0.357. The van der Waals surface area contributed by atoms with Gasteiger partial charge in [0.2, 0.25) is 5.91 Å². The van der Waals surface area contributed by atoms with Crippen molar-refractivity contribution < 1.29 is 4.79 Å². The minimum atomic E-state index is -0.396. The van der Waals surface area contributed by atoms with Crippen LogP contribution >= 0.6 is 23.5 Å². The second-order valence-electron chi connectivity index (χ2n) is 5.26. The summed E-state index contributed by atoms with van der Waals surface area (Å²) >= 11 is 3.27. The highest BCUT2D eigenvalue weighted by Crippen LogP contribution is 2.38. The predicted octanol–water partition coefficient (Wildman–Crippen LogP) is 3.54. The number of nitrogens with one attached hydrogen (secondary N) is 1. The van der Waals surface area contributed by atoms with Crippen LogP contribution in [0.1, 0.15) is 34.1 Å². The highest BCUT2D eigenvalue weighted by atomic mass is 32.2. The number of hydrogen-bond donors (Lipinski definition) is 1. The van der Waals surface area contributed by atoms with Crippen molar-refractivity contribution in [2.24, 2.45) is 10.9 Å². The first kappa shape index (κ1) is 14.7. The van der Waals surface area contributed by atoms with Crippen molar-refractivity contribution in [3.63, 3.8) is 0 Å². The van der Waals surface area contributed by atoms with Gasteiger partial charge >= 0.3 is 0 Å². The summed E-state index contributed by atoms with van der Waals surface area (Å²) in [6, 6.07) is 0.104. The topological polar surface area (TPSA) is 41.5 Å². The lowest BCUT2D eigenvalue weighted by atomic mass is 9.96. The van der Waals surface area contributed by atoms with E-state index in [1.54, 1.807) is 23.5 Å². The molecule has 1 saturated heterocycles. The summed E-state index contributed by atoms with van der Waals surface area (Å²) in [6.07, 6.45) is 5.30. The SMILES string of the molecule is CC(C)C1(C)SC(=N[C@@H](C)C2=CCC=CS2)NC1=O. The molecule has 1 unspecified atom stereocenters. The van der Waals surface area contributed by atoms with E-state index in [1.165, 1.54) is 4.91 Å². The van der Waals surface area contributed by atoms with Gasteiger partial charge < -0.3 is 5.32 Å². The van der Waals surface area contributed by atoms with Gasteiger partial charge in [0, 0.05) is 4.91 Å². The third kappa shape index (κ3) is 3.08. The first-order valence-corrected chi connectivity index (χ1v) is 8.23. The number of rotatable bonds is 3. The Morgan fingerprint density at radius 3 is 2.68 bits per heavy atom. The van der Waals surface area contributed by atoms with Crippen LogP contribution in [0.15, 0.2) is 27.5 Å². The molecule has 0 radical (unpaired) electrons. The molecule has 0 saturated carbocycles. The fourth-order valence-corrected chi connectivity index (χ4v) is 3.80. The summed E-state index contributed by atoms with van der Waals surface area (Å²) in [7, 11) is 0. The lowest BCUT2D eigenvalue weighted by molar-refractivity contribution is -0.122. The quantitative estimate of drug-likeness (QED) is 0.866. The van der Waals surface area contributed by atoms with Crippen LogP contribution in [0, 0.1) is 5.92 Å². The molecule has 2 rings (SSSR count). The number of thioether (sulfide) groups is 2. The fraction of sp³-hybridized carbons (Fsp3) is 0.571. The molecule has 5 heteroatoms. The second-order valence-corrected chi connectivity index (χ2v) is 7.68. The number of carbonyl (C=O) groups excluding carboxylic acids is 1. The van der Waals surface area contributed by atoms with E-state index in [4.69, 9.17) is 0 Å². The number of amidine groups is 1. The molecule has 1 amide bonds. The molecule has 19 heavy (non-hydrogen) atoms. The molecular weight excluding hydrogens is 276 g/mol. The number of allylic oxidation sites excluding steroid dienone is 2. The van der Waals surface area contributed by atoms with Gasteiger partial charge in [-0.2, -0.15) is 0 Å². The zero-order chi connectivity index (χ0) is 14.0. The molecule has 104 valence electrons. The Labute approximate surface area is 123 Å². The number of nitrogens with zero attached hydrogens (tertiary/aromatic N) is 1. The van der Waals surface area contributed by atoms with Crippen molar-refractivity contribution in [1.29, 1.82) is 0 Å². The third-order valence-electron chi connectivity index (χ3n) is 3.56. The number of aliphatic imine (C=N–C) groups is 1. The van der Waals surface area contributed by atoms with E-state index >= 15 is 0 Å². The highest BCUT2D eigenvalue weighted by Gasteiger charge is 2.45. The lowest BCUT2D eigenvalue weighted by Gasteiger charge is -2.22. The Morgan fingerprint density at radius 2 is 2.16 bits per heavy atom. The molecule has 0 bridgehead atoms. The van der Waals surface area contributed by atoms with Crippen molar-refractivity contribution in [2.45, 2.75) is 44.9 Å². The average molecular weight is 296 g/mol. The standard InChI is InChI=1S/C14H20N2OS2/c1-9(2)14(4)12(17)16-13(19-14)15-10(3)11-7-5-6-8-18-11/h6-10H,5H2,1-4H3,(H,15,16,17)/t10-,14?/m0/s1. The number of amides is 1. The Balaban J connectivity index is 2.09. The van der Waals surface area contributed by atoms with Crippen LogP contribution in [0.5, 0.6) is 0 Å². The van der Waals surface area contributed by atoms with Gasteiger partial charge in [-0.05, 0) is 31.6 Å². The monoisotopic (exact) mass is 296 g/mol. The average Bonchev–Trinajstić information content (AvgIpc) is 2.67. The summed E-state index contributed by atoms with van der Waals surface area (Å²) in [5, 5.41) is 5.77. The van der Waals surface area contributed by atoms with Gasteiger partial charge in [-0.25, -0.2) is 0 Å². The molecule has 0 aromatic carbocycles. The van der Waals surface area contributed by atoms with Gasteiger partial charge in [-0.15, -0.1) is 11.8 Å². The summed E-state index contributed by atoms with van der Waals surface area (Å²) < 4.78 is -0.396. The third-order valence-corrected chi connectivity index (χ3v) is 6.15. The van der Waals surface area contributed by atoms with Gasteiger partial charge in [0.1, 0.15) is 4.75 Å². The van der Waals surface area contributed by atoms with Crippen molar-refractivity contribution >= 4 is 34.6 Å². The highest BCUT2D eigenvalue weighted by molar-refractivity contribution is 8.16. The molecule has 1 N–H and O–H groups in total. The Bertz CT molecular complexity index is 468. The summed E-state index contributed by atoms with van der Waals surface area (Å²) in [5.41, 5.74) is 0. The minimum Gasteiger partial charge on any atom is -0.304 e. The normalized spacial score (nSPS) is 30.7. The van der Waals surface area contributed by atoms with Gasteiger partial charge in [0.05, 0.1) is 6.04 Å². The maximum absolute atomic E-state index is 12.1. The fourth-order valence-electron chi connectivity index (χ4n) is 1.86. The summed E-state index contributed by atoms with van der Waals surface area (Å²) in [6.45, 7) is 8.21. The first-order chi connectivity index (χ1) is 8.93. The Kier molecular flexibility index (Phi) is 4.46. The molecule has 0 aliphatic carbocycles. The zero-order valence-corrected chi connectivity index (χ0v) is 13.4. The van der Waals surface area contributed by atoms with E-state index in [0.29, 0.717) is 0 Å². The van der Waals surface area contributed by atoms with E-state index in [0.717, 1.165) is 11.6 Å². The van der Waals surface area contributed by atoms with Crippen molar-refractivity contribution in [3.05, 3.63) is 22.5 Å². The van der Waals surface area contributed by atoms with Crippen LogP contribution in [0.25, 0.3) is 0 Å². The van der Waals surface area contributed by atoms with Gasteiger partial charge in [0.25, 0.3) is 0 Å². The molecule has 2 aliphatic rings. The predicted molar refractivity (Wildman–Crippen MR) is 85.3 cm³/mol. The molecule has 2 aliphatic heterocycles. The van der Waals surface area contributed by atoms with E-state index in [-0.39, 0.29) is 17.9 Å². The number of carbonyl (C=O) groups is 1. The Hall–Kier alpha value is -0.680. The molecule has 3 nitrogen and oxygen atoms in total. The van der Waals surface area contributed by atoms with Crippen molar-refractivity contribution in [3.8, 4) is 0 Å². The van der Waals surface area contributed by atoms with E-state index in [9.17, 15) is 4.79 Å². The van der Waals surface area contributed by atoms with Crippen LogP contribution in [0.2, 0.25) is 0 Å². The second kappa shape index (κ2) is 5.75. The minimum absolute atomic E-state index is 0.0728. The maximum atomic E-state index is 12.1. The molecule has 2 atom stereocenters. The van der Waals surface area contributed by atoms with Crippen LogP contribution < -0.4 is 5.32 Å². The van der Waals surface area contributed by atoms with E-state index < -0.39 is 4.75 Å². The van der Waals surface area contributed by atoms with Crippen LogP contribution in [0.3, 0.4) is 0 Å². The van der Waals surface area contributed by atoms with Gasteiger partial charge in [-0.3, -0.25) is 9.79 Å². The molecule has 2 heterocycles. The molecule has 0 spiro atoms. The van der Waals surface area contributed by atoms with Crippen molar-refractivity contribution in [2.75, 3.05) is 0 Å². The van der Waals surface area contributed by atoms with Crippen molar-refractivity contribution in [1.82, 2.24) is 5.32 Å². The largest absolute Gasteiger partial charge is 0.304 e.